The molecule has 0 saturated heterocycles. The van der Waals surface area contributed by atoms with Crippen LogP contribution in [0.5, 0.6) is 0 Å². The molecule has 0 amide bonds. The van der Waals surface area contributed by atoms with E-state index in [1.807, 2.05) is 6.92 Å². The summed E-state index contributed by atoms with van der Waals surface area (Å²) in [6, 6.07) is 0. The minimum Gasteiger partial charge on any atom is -0.298 e. The Kier molecular flexibility index (Phi) is 3.32. The lowest BCUT2D eigenvalue weighted by molar-refractivity contribution is -0.115. The van der Waals surface area contributed by atoms with E-state index >= 15 is 0 Å². The first-order chi connectivity index (χ1) is 8.04. The lowest BCUT2D eigenvalue weighted by Gasteiger charge is -2.18. The molecule has 2 aliphatic carbocycles. The molecule has 0 aromatic heterocycles. The van der Waals surface area contributed by atoms with Gasteiger partial charge in [-0.1, -0.05) is 19.1 Å². The van der Waals surface area contributed by atoms with Crippen molar-refractivity contribution < 1.29 is 9.59 Å². The van der Waals surface area contributed by atoms with Crippen LogP contribution in [-0.2, 0) is 9.59 Å². The molecule has 0 bridgehead atoms. The molecule has 3 atom stereocenters. The Morgan fingerprint density at radius 1 is 1.35 bits per heavy atom. The van der Waals surface area contributed by atoms with Gasteiger partial charge in [0.25, 0.3) is 0 Å². The van der Waals surface area contributed by atoms with Crippen LogP contribution in [-0.4, -0.2) is 12.1 Å². The fraction of sp³-hybridized carbons (Fsp3) is 0.600. The Morgan fingerprint density at radius 3 is 2.71 bits per heavy atom. The second-order valence-corrected chi connectivity index (χ2v) is 5.53. The maximum atomic E-state index is 11.8. The van der Waals surface area contributed by atoms with Crippen molar-refractivity contribution >= 4 is 12.1 Å². The molecule has 2 heteroatoms. The molecule has 0 N–H and O–H groups in total. The molecule has 0 unspecified atom stereocenters. The first-order valence-corrected chi connectivity index (χ1v) is 6.41. The van der Waals surface area contributed by atoms with Gasteiger partial charge in [-0.3, -0.25) is 9.59 Å². The summed E-state index contributed by atoms with van der Waals surface area (Å²) in [7, 11) is 0. The third-order valence-corrected chi connectivity index (χ3v) is 4.55. The summed E-state index contributed by atoms with van der Waals surface area (Å²) in [5, 5.41) is 0. The van der Waals surface area contributed by atoms with E-state index in [2.05, 4.69) is 13.5 Å². The number of hydrogen-bond acceptors (Lipinski definition) is 2. The molecule has 1 fully saturated rings. The first kappa shape index (κ1) is 12.3. The van der Waals surface area contributed by atoms with Crippen molar-refractivity contribution in [1.29, 1.82) is 0 Å². The molecule has 2 rings (SSSR count). The average Bonchev–Trinajstić information content (AvgIpc) is 2.50. The predicted molar refractivity (Wildman–Crippen MR) is 67.5 cm³/mol. The van der Waals surface area contributed by atoms with Gasteiger partial charge < -0.3 is 0 Å². The standard InChI is InChI=1S/C15H20O2/c1-9-4-5-12(10(2)8-16)6-14-11(3)15(17)7-13(9)14/h8-9,12-13H,2,4-7H2,1,3H3/t9-,12+,13-/m0/s1. The number of allylic oxidation sites excluding steroid dienone is 3. The largest absolute Gasteiger partial charge is 0.298 e. The summed E-state index contributed by atoms with van der Waals surface area (Å²) in [5.41, 5.74) is 2.94. The average molecular weight is 232 g/mol. The van der Waals surface area contributed by atoms with Gasteiger partial charge in [0.05, 0.1) is 0 Å². The molecule has 0 aliphatic heterocycles. The van der Waals surface area contributed by atoms with E-state index < -0.39 is 0 Å². The van der Waals surface area contributed by atoms with Crippen LogP contribution in [0.15, 0.2) is 23.3 Å². The summed E-state index contributed by atoms with van der Waals surface area (Å²) in [4.78, 5) is 22.6. The molecule has 2 nitrogen and oxygen atoms in total. The SMILES string of the molecule is C=C(C=O)[C@@H]1CC[C@H](C)[C@@H]2CC(=O)C(C)=C2C1. The second-order valence-electron chi connectivity index (χ2n) is 5.53. The number of Topliss-reactive ketones (excluding diaryl/α,β-unsaturated/α-hetero) is 1. The van der Waals surface area contributed by atoms with E-state index in [1.54, 1.807) is 0 Å². The first-order valence-electron chi connectivity index (χ1n) is 6.41. The zero-order valence-electron chi connectivity index (χ0n) is 10.7. The zero-order valence-corrected chi connectivity index (χ0v) is 10.7. The minimum atomic E-state index is 0.246. The second kappa shape index (κ2) is 4.59. The quantitative estimate of drug-likeness (QED) is 0.541. The highest BCUT2D eigenvalue weighted by Crippen LogP contribution is 2.44. The third kappa shape index (κ3) is 2.13. The highest BCUT2D eigenvalue weighted by Gasteiger charge is 2.37. The molecule has 0 radical (unpaired) electrons. The van der Waals surface area contributed by atoms with Crippen molar-refractivity contribution in [2.24, 2.45) is 17.8 Å². The summed E-state index contributed by atoms with van der Waals surface area (Å²) < 4.78 is 0. The smallest absolute Gasteiger partial charge is 0.159 e. The normalized spacial score (nSPS) is 33.3. The van der Waals surface area contributed by atoms with E-state index in [1.165, 1.54) is 5.57 Å². The van der Waals surface area contributed by atoms with Crippen molar-refractivity contribution in [3.05, 3.63) is 23.3 Å². The Morgan fingerprint density at radius 2 is 2.06 bits per heavy atom. The molecule has 0 aromatic carbocycles. The molecule has 17 heavy (non-hydrogen) atoms. The summed E-state index contributed by atoms with van der Waals surface area (Å²) in [6.45, 7) is 8.01. The number of carbonyl (C=O) groups excluding carboxylic acids is 2. The number of carbonyl (C=O) groups is 2. The molecule has 0 aromatic rings. The van der Waals surface area contributed by atoms with Crippen molar-refractivity contribution in [2.75, 3.05) is 0 Å². The van der Waals surface area contributed by atoms with Gasteiger partial charge in [0.15, 0.2) is 5.78 Å². The van der Waals surface area contributed by atoms with E-state index in [0.717, 1.165) is 31.1 Å². The highest BCUT2D eigenvalue weighted by molar-refractivity contribution is 5.98. The monoisotopic (exact) mass is 232 g/mol. The third-order valence-electron chi connectivity index (χ3n) is 4.55. The van der Waals surface area contributed by atoms with Crippen LogP contribution in [0.2, 0.25) is 0 Å². The van der Waals surface area contributed by atoms with Gasteiger partial charge in [0, 0.05) is 6.42 Å². The van der Waals surface area contributed by atoms with Crippen molar-refractivity contribution in [2.45, 2.75) is 39.5 Å². The number of hydrogen-bond donors (Lipinski definition) is 0. The molecule has 92 valence electrons. The molecular formula is C15H20O2. The van der Waals surface area contributed by atoms with E-state index in [-0.39, 0.29) is 5.92 Å². The van der Waals surface area contributed by atoms with Gasteiger partial charge in [0.2, 0.25) is 0 Å². The predicted octanol–water partition coefficient (Wildman–Crippen LogP) is 3.08. The molecule has 1 saturated carbocycles. The van der Waals surface area contributed by atoms with Crippen molar-refractivity contribution in [3.8, 4) is 0 Å². The van der Waals surface area contributed by atoms with Crippen LogP contribution in [0.4, 0.5) is 0 Å². The van der Waals surface area contributed by atoms with Gasteiger partial charge in [-0.15, -0.1) is 0 Å². The summed E-state index contributed by atoms with van der Waals surface area (Å²) >= 11 is 0. The van der Waals surface area contributed by atoms with Gasteiger partial charge in [-0.05, 0) is 55.1 Å². The Hall–Kier alpha value is -1.18. The maximum Gasteiger partial charge on any atom is 0.159 e. The van der Waals surface area contributed by atoms with Gasteiger partial charge in [0.1, 0.15) is 6.29 Å². The lowest BCUT2D eigenvalue weighted by atomic mass is 9.86. The van der Waals surface area contributed by atoms with Crippen molar-refractivity contribution in [3.63, 3.8) is 0 Å². The zero-order chi connectivity index (χ0) is 12.6. The lowest BCUT2D eigenvalue weighted by Crippen LogP contribution is -2.10. The minimum absolute atomic E-state index is 0.246. The van der Waals surface area contributed by atoms with Crippen LogP contribution in [0.1, 0.15) is 39.5 Å². The summed E-state index contributed by atoms with van der Waals surface area (Å²) in [5.74, 6) is 1.52. The van der Waals surface area contributed by atoms with E-state index in [9.17, 15) is 9.59 Å². The molecule has 0 heterocycles. The number of aldehydes is 1. The Bertz CT molecular complexity index is 403. The molecule has 2 aliphatic rings. The molecule has 0 spiro atoms. The van der Waals surface area contributed by atoms with Crippen LogP contribution in [0, 0.1) is 17.8 Å². The number of ketones is 1. The van der Waals surface area contributed by atoms with Gasteiger partial charge in [-0.25, -0.2) is 0 Å². The van der Waals surface area contributed by atoms with Crippen LogP contribution in [0.25, 0.3) is 0 Å². The fourth-order valence-corrected chi connectivity index (χ4v) is 3.23. The molecular weight excluding hydrogens is 212 g/mol. The van der Waals surface area contributed by atoms with Gasteiger partial charge in [-0.2, -0.15) is 0 Å². The Labute approximate surface area is 103 Å². The Balaban J connectivity index is 2.30. The number of fused-ring (bicyclic) bond motifs is 1. The topological polar surface area (TPSA) is 34.1 Å². The van der Waals surface area contributed by atoms with Crippen molar-refractivity contribution in [1.82, 2.24) is 0 Å². The number of rotatable bonds is 2. The van der Waals surface area contributed by atoms with E-state index in [0.29, 0.717) is 29.6 Å². The van der Waals surface area contributed by atoms with Gasteiger partial charge >= 0.3 is 0 Å². The summed E-state index contributed by atoms with van der Waals surface area (Å²) in [6.07, 6.45) is 4.54. The fourth-order valence-electron chi connectivity index (χ4n) is 3.23. The van der Waals surface area contributed by atoms with Crippen LogP contribution >= 0.6 is 0 Å². The maximum absolute atomic E-state index is 11.8. The van der Waals surface area contributed by atoms with E-state index in [4.69, 9.17) is 0 Å². The van der Waals surface area contributed by atoms with Crippen LogP contribution < -0.4 is 0 Å². The van der Waals surface area contributed by atoms with Crippen LogP contribution in [0.3, 0.4) is 0 Å². The highest BCUT2D eigenvalue weighted by atomic mass is 16.1.